The fourth-order valence-electron chi connectivity index (χ4n) is 3.70. The number of aliphatic hydroxyl groups excluding tert-OH is 1. The third-order valence-corrected chi connectivity index (χ3v) is 5.22. The summed E-state index contributed by atoms with van der Waals surface area (Å²) in [5.74, 6) is -0.682. The highest BCUT2D eigenvalue weighted by Crippen LogP contribution is 2.40. The van der Waals surface area contributed by atoms with Gasteiger partial charge in [0.05, 0.1) is 25.8 Å². The lowest BCUT2D eigenvalue weighted by atomic mass is 9.95. The number of pyridine rings is 1. The van der Waals surface area contributed by atoms with Crippen LogP contribution in [-0.2, 0) is 9.59 Å². The molecule has 0 saturated carbocycles. The molecule has 1 amide bonds. The third kappa shape index (κ3) is 4.54. The monoisotopic (exact) mass is 425 g/mol. The van der Waals surface area contributed by atoms with Crippen molar-refractivity contribution in [2.75, 3.05) is 41.4 Å². The SMILES string of the molecule is COc1ccc(/C(O)=C2/C(=O)C(=O)N(CCCN(C)C)C2c2ccncc2)cc1OC. The lowest BCUT2D eigenvalue weighted by Crippen LogP contribution is -2.32. The Kier molecular flexibility index (Phi) is 6.91. The molecule has 1 aliphatic rings. The Labute approximate surface area is 181 Å². The maximum atomic E-state index is 13.0. The summed E-state index contributed by atoms with van der Waals surface area (Å²) in [4.78, 5) is 33.5. The van der Waals surface area contributed by atoms with Crippen LogP contribution in [0.25, 0.3) is 5.76 Å². The van der Waals surface area contributed by atoms with Gasteiger partial charge in [-0.3, -0.25) is 14.6 Å². The maximum absolute atomic E-state index is 13.0. The van der Waals surface area contributed by atoms with Crippen molar-refractivity contribution < 1.29 is 24.2 Å². The Hall–Kier alpha value is -3.39. The van der Waals surface area contributed by atoms with Crippen LogP contribution in [0.4, 0.5) is 0 Å². The molecule has 0 bridgehead atoms. The highest BCUT2D eigenvalue weighted by Gasteiger charge is 2.45. The Morgan fingerprint density at radius 2 is 1.77 bits per heavy atom. The van der Waals surface area contributed by atoms with Crippen LogP contribution >= 0.6 is 0 Å². The van der Waals surface area contributed by atoms with Gasteiger partial charge >= 0.3 is 0 Å². The van der Waals surface area contributed by atoms with Crippen LogP contribution in [0.3, 0.4) is 0 Å². The first-order chi connectivity index (χ1) is 14.9. The number of benzene rings is 1. The van der Waals surface area contributed by atoms with E-state index in [-0.39, 0.29) is 11.3 Å². The number of carbonyl (C=O) groups excluding carboxylic acids is 2. The molecule has 1 fully saturated rings. The van der Waals surface area contributed by atoms with Crippen molar-refractivity contribution in [3.8, 4) is 11.5 Å². The summed E-state index contributed by atoms with van der Waals surface area (Å²) >= 11 is 0. The van der Waals surface area contributed by atoms with Crippen LogP contribution in [0.1, 0.15) is 23.6 Å². The summed E-state index contributed by atoms with van der Waals surface area (Å²) in [5.41, 5.74) is 1.12. The van der Waals surface area contributed by atoms with E-state index in [4.69, 9.17) is 9.47 Å². The Bertz CT molecular complexity index is 988. The van der Waals surface area contributed by atoms with E-state index >= 15 is 0 Å². The molecule has 1 saturated heterocycles. The summed E-state index contributed by atoms with van der Waals surface area (Å²) in [6, 6.07) is 7.65. The van der Waals surface area contributed by atoms with Gasteiger partial charge in [-0.2, -0.15) is 0 Å². The van der Waals surface area contributed by atoms with E-state index < -0.39 is 17.7 Å². The summed E-state index contributed by atoms with van der Waals surface area (Å²) in [6.45, 7) is 1.15. The van der Waals surface area contributed by atoms with Gasteiger partial charge < -0.3 is 24.4 Å². The van der Waals surface area contributed by atoms with Gasteiger partial charge in [0.1, 0.15) is 5.76 Å². The van der Waals surface area contributed by atoms with E-state index in [1.165, 1.54) is 19.1 Å². The summed E-state index contributed by atoms with van der Waals surface area (Å²) in [5, 5.41) is 11.1. The van der Waals surface area contributed by atoms with Gasteiger partial charge in [-0.15, -0.1) is 0 Å². The quantitative estimate of drug-likeness (QED) is 0.395. The first kappa shape index (κ1) is 22.3. The third-order valence-electron chi connectivity index (χ3n) is 5.22. The fourth-order valence-corrected chi connectivity index (χ4v) is 3.70. The van der Waals surface area contributed by atoms with Crippen molar-refractivity contribution in [2.24, 2.45) is 0 Å². The smallest absolute Gasteiger partial charge is 0.295 e. The number of likely N-dealkylation sites (tertiary alicyclic amines) is 1. The van der Waals surface area contributed by atoms with Gasteiger partial charge in [-0.25, -0.2) is 0 Å². The predicted molar refractivity (Wildman–Crippen MR) is 116 cm³/mol. The molecule has 8 heteroatoms. The maximum Gasteiger partial charge on any atom is 0.295 e. The molecule has 1 aliphatic heterocycles. The van der Waals surface area contributed by atoms with Crippen LogP contribution in [0.15, 0.2) is 48.3 Å². The number of nitrogens with zero attached hydrogens (tertiary/aromatic N) is 3. The number of aromatic nitrogens is 1. The number of hydrogen-bond donors (Lipinski definition) is 1. The molecule has 1 atom stereocenters. The van der Waals surface area contributed by atoms with E-state index in [9.17, 15) is 14.7 Å². The molecule has 0 spiro atoms. The van der Waals surface area contributed by atoms with E-state index in [2.05, 4.69) is 4.98 Å². The highest BCUT2D eigenvalue weighted by molar-refractivity contribution is 6.46. The largest absolute Gasteiger partial charge is 0.507 e. The first-order valence-corrected chi connectivity index (χ1v) is 9.94. The van der Waals surface area contributed by atoms with Crippen LogP contribution in [-0.4, -0.2) is 73.0 Å². The summed E-state index contributed by atoms with van der Waals surface area (Å²) < 4.78 is 10.6. The number of carbonyl (C=O) groups is 2. The van der Waals surface area contributed by atoms with Crippen molar-refractivity contribution in [3.05, 3.63) is 59.4 Å². The molecule has 1 aromatic carbocycles. The number of hydrogen-bond acceptors (Lipinski definition) is 7. The molecular formula is C23H27N3O5. The van der Waals surface area contributed by atoms with Crippen molar-refractivity contribution in [3.63, 3.8) is 0 Å². The van der Waals surface area contributed by atoms with Crippen LogP contribution in [0.5, 0.6) is 11.5 Å². The lowest BCUT2D eigenvalue weighted by molar-refractivity contribution is -0.139. The number of aliphatic hydroxyl groups is 1. The van der Waals surface area contributed by atoms with Crippen LogP contribution in [0.2, 0.25) is 0 Å². The van der Waals surface area contributed by atoms with Crippen molar-refractivity contribution in [1.29, 1.82) is 0 Å². The Morgan fingerprint density at radius 1 is 1.10 bits per heavy atom. The van der Waals surface area contributed by atoms with Gasteiger partial charge in [-0.1, -0.05) is 0 Å². The minimum Gasteiger partial charge on any atom is -0.507 e. The van der Waals surface area contributed by atoms with Crippen molar-refractivity contribution >= 4 is 17.4 Å². The zero-order valence-corrected chi connectivity index (χ0v) is 18.2. The molecule has 1 aromatic heterocycles. The number of ether oxygens (including phenoxy) is 2. The number of rotatable bonds is 8. The Balaban J connectivity index is 2.09. The van der Waals surface area contributed by atoms with Gasteiger partial charge in [0.2, 0.25) is 0 Å². The van der Waals surface area contributed by atoms with Crippen molar-refractivity contribution in [2.45, 2.75) is 12.5 Å². The van der Waals surface area contributed by atoms with E-state index in [1.807, 2.05) is 19.0 Å². The fraction of sp³-hybridized carbons (Fsp3) is 0.348. The normalized spacial score (nSPS) is 18.0. The zero-order chi connectivity index (χ0) is 22.5. The summed E-state index contributed by atoms with van der Waals surface area (Å²) in [7, 11) is 6.90. The summed E-state index contributed by atoms with van der Waals surface area (Å²) in [6.07, 6.45) is 3.90. The minimum atomic E-state index is -0.709. The van der Waals surface area contributed by atoms with Crippen molar-refractivity contribution in [1.82, 2.24) is 14.8 Å². The topological polar surface area (TPSA) is 92.2 Å². The first-order valence-electron chi connectivity index (χ1n) is 9.94. The lowest BCUT2D eigenvalue weighted by Gasteiger charge is -2.25. The standard InChI is InChI=1S/C23H27N3O5/c1-25(2)12-5-13-26-20(15-8-10-24-11-9-15)19(22(28)23(26)29)21(27)16-6-7-17(30-3)18(14-16)31-4/h6-11,14,20,27H,5,12-13H2,1-4H3/b21-19-. The second kappa shape index (κ2) is 9.61. The molecule has 1 N–H and O–H groups in total. The Morgan fingerprint density at radius 3 is 2.39 bits per heavy atom. The molecule has 164 valence electrons. The van der Waals surface area contributed by atoms with E-state index in [1.54, 1.807) is 42.7 Å². The van der Waals surface area contributed by atoms with E-state index in [0.29, 0.717) is 35.6 Å². The van der Waals surface area contributed by atoms with Gasteiger partial charge in [0.15, 0.2) is 11.5 Å². The molecule has 2 heterocycles. The van der Waals surface area contributed by atoms with Gasteiger partial charge in [-0.05, 0) is 63.0 Å². The van der Waals surface area contributed by atoms with Gasteiger partial charge in [0, 0.05) is 24.5 Å². The second-order valence-corrected chi connectivity index (χ2v) is 7.50. The molecule has 0 radical (unpaired) electrons. The molecule has 3 rings (SSSR count). The van der Waals surface area contributed by atoms with Crippen LogP contribution in [0, 0.1) is 0 Å². The number of Topliss-reactive ketones (excluding diaryl/α,β-unsaturated/α-hetero) is 1. The zero-order valence-electron chi connectivity index (χ0n) is 18.2. The average molecular weight is 425 g/mol. The molecular weight excluding hydrogens is 398 g/mol. The van der Waals surface area contributed by atoms with E-state index in [0.717, 1.165) is 6.54 Å². The molecule has 8 nitrogen and oxygen atoms in total. The minimum absolute atomic E-state index is 0.0493. The van der Waals surface area contributed by atoms with Crippen LogP contribution < -0.4 is 9.47 Å². The highest BCUT2D eigenvalue weighted by atomic mass is 16.5. The molecule has 1 unspecified atom stereocenters. The second-order valence-electron chi connectivity index (χ2n) is 7.50. The average Bonchev–Trinajstić information content (AvgIpc) is 3.03. The molecule has 2 aromatic rings. The molecule has 0 aliphatic carbocycles. The number of methoxy groups -OCH3 is 2. The molecule has 31 heavy (non-hydrogen) atoms. The predicted octanol–water partition coefficient (Wildman–Crippen LogP) is 2.47. The number of amides is 1. The number of ketones is 1. The van der Waals surface area contributed by atoms with Gasteiger partial charge in [0.25, 0.3) is 11.7 Å².